The maximum Gasteiger partial charge on any atom is 0.287 e. The van der Waals surface area contributed by atoms with Crippen molar-refractivity contribution in [1.29, 1.82) is 5.26 Å². The first-order valence-corrected chi connectivity index (χ1v) is 6.12. The molecule has 0 aromatic heterocycles. The highest BCUT2D eigenvalue weighted by atomic mass is 16.6. The predicted molar refractivity (Wildman–Crippen MR) is 76.3 cm³/mol. The minimum atomic E-state index is -0.553. The molecule has 0 saturated carbocycles. The minimum Gasteiger partial charge on any atom is -0.378 e. The number of nitrogens with one attached hydrogen (secondary N) is 1. The van der Waals surface area contributed by atoms with Crippen molar-refractivity contribution < 1.29 is 4.92 Å². The fourth-order valence-corrected chi connectivity index (χ4v) is 1.95. The molecule has 0 bridgehead atoms. The second-order valence-electron chi connectivity index (χ2n) is 4.38. The first-order valence-electron chi connectivity index (χ1n) is 6.12. The zero-order chi connectivity index (χ0) is 14.5. The molecule has 1 unspecified atom stereocenters. The van der Waals surface area contributed by atoms with Crippen LogP contribution in [0.5, 0.6) is 0 Å². The Kier molecular flexibility index (Phi) is 3.96. The lowest BCUT2D eigenvalue weighted by Crippen LogP contribution is -2.06. The standard InChI is InChI=1S/C15H13N3O2/c1-11(12-5-3-2-4-6-12)17-14-7-8-15(18(19)20)13(9-14)10-16/h2-9,11,17H,1H3. The van der Waals surface area contributed by atoms with Gasteiger partial charge in [0.1, 0.15) is 11.6 Å². The predicted octanol–water partition coefficient (Wildman–Crippen LogP) is 3.64. The van der Waals surface area contributed by atoms with Gasteiger partial charge in [-0.1, -0.05) is 30.3 Å². The van der Waals surface area contributed by atoms with E-state index in [0.29, 0.717) is 5.69 Å². The van der Waals surface area contributed by atoms with Gasteiger partial charge in [-0.2, -0.15) is 5.26 Å². The summed E-state index contributed by atoms with van der Waals surface area (Å²) in [6.45, 7) is 1.99. The Balaban J connectivity index is 2.23. The van der Waals surface area contributed by atoms with Gasteiger partial charge in [0.25, 0.3) is 5.69 Å². The maximum atomic E-state index is 10.8. The zero-order valence-electron chi connectivity index (χ0n) is 10.9. The van der Waals surface area contributed by atoms with Crippen LogP contribution in [0.25, 0.3) is 0 Å². The van der Waals surface area contributed by atoms with Crippen LogP contribution in [0, 0.1) is 21.4 Å². The second kappa shape index (κ2) is 5.85. The molecule has 5 heteroatoms. The third-order valence-corrected chi connectivity index (χ3v) is 3.00. The van der Waals surface area contributed by atoms with E-state index in [1.54, 1.807) is 6.07 Å². The minimum absolute atomic E-state index is 0.0456. The summed E-state index contributed by atoms with van der Waals surface area (Å²) in [4.78, 5) is 10.2. The van der Waals surface area contributed by atoms with E-state index in [9.17, 15) is 10.1 Å². The van der Waals surface area contributed by atoms with Gasteiger partial charge in [0.15, 0.2) is 0 Å². The van der Waals surface area contributed by atoms with E-state index in [4.69, 9.17) is 5.26 Å². The van der Waals surface area contributed by atoms with Gasteiger partial charge in [0.05, 0.1) is 4.92 Å². The molecule has 0 amide bonds. The van der Waals surface area contributed by atoms with E-state index < -0.39 is 4.92 Å². The largest absolute Gasteiger partial charge is 0.378 e. The fourth-order valence-electron chi connectivity index (χ4n) is 1.95. The van der Waals surface area contributed by atoms with Crippen LogP contribution in [0.1, 0.15) is 24.1 Å². The zero-order valence-corrected chi connectivity index (χ0v) is 10.9. The highest BCUT2D eigenvalue weighted by Crippen LogP contribution is 2.25. The number of hydrogen-bond acceptors (Lipinski definition) is 4. The van der Waals surface area contributed by atoms with Crippen LogP contribution < -0.4 is 5.32 Å². The fraction of sp³-hybridized carbons (Fsp3) is 0.133. The van der Waals surface area contributed by atoms with Crippen molar-refractivity contribution in [1.82, 2.24) is 0 Å². The van der Waals surface area contributed by atoms with Crippen LogP contribution in [-0.4, -0.2) is 4.92 Å². The first-order chi connectivity index (χ1) is 9.61. The molecule has 0 aliphatic heterocycles. The lowest BCUT2D eigenvalue weighted by Gasteiger charge is -2.15. The highest BCUT2D eigenvalue weighted by molar-refractivity contribution is 5.59. The van der Waals surface area contributed by atoms with Crippen molar-refractivity contribution in [3.63, 3.8) is 0 Å². The van der Waals surface area contributed by atoms with Crippen LogP contribution in [0.3, 0.4) is 0 Å². The normalized spacial score (nSPS) is 11.4. The van der Waals surface area contributed by atoms with Gasteiger partial charge < -0.3 is 5.32 Å². The first kappa shape index (κ1) is 13.6. The number of nitrogens with zero attached hydrogens (tertiary/aromatic N) is 2. The van der Waals surface area contributed by atoms with Crippen LogP contribution in [0.15, 0.2) is 48.5 Å². The van der Waals surface area contributed by atoms with Gasteiger partial charge in [-0.15, -0.1) is 0 Å². The van der Waals surface area contributed by atoms with Crippen molar-refractivity contribution >= 4 is 11.4 Å². The highest BCUT2D eigenvalue weighted by Gasteiger charge is 2.14. The van der Waals surface area contributed by atoms with E-state index in [2.05, 4.69) is 5.32 Å². The lowest BCUT2D eigenvalue weighted by atomic mass is 10.1. The number of rotatable bonds is 4. The molecule has 0 saturated heterocycles. The molecular formula is C15H13N3O2. The molecule has 5 nitrogen and oxygen atoms in total. The number of anilines is 1. The van der Waals surface area contributed by atoms with Gasteiger partial charge in [-0.3, -0.25) is 10.1 Å². The van der Waals surface area contributed by atoms with E-state index >= 15 is 0 Å². The van der Waals surface area contributed by atoms with Gasteiger partial charge in [0.2, 0.25) is 0 Å². The molecule has 0 radical (unpaired) electrons. The van der Waals surface area contributed by atoms with Crippen LogP contribution in [0.4, 0.5) is 11.4 Å². The van der Waals surface area contributed by atoms with Gasteiger partial charge >= 0.3 is 0 Å². The van der Waals surface area contributed by atoms with Gasteiger partial charge in [-0.25, -0.2) is 0 Å². The smallest absolute Gasteiger partial charge is 0.287 e. The third kappa shape index (κ3) is 2.93. The van der Waals surface area contributed by atoms with Crippen molar-refractivity contribution in [3.05, 3.63) is 69.8 Å². The van der Waals surface area contributed by atoms with E-state index in [1.807, 2.05) is 43.3 Å². The van der Waals surface area contributed by atoms with E-state index in [0.717, 1.165) is 5.56 Å². The van der Waals surface area contributed by atoms with Crippen LogP contribution >= 0.6 is 0 Å². The van der Waals surface area contributed by atoms with Crippen LogP contribution in [-0.2, 0) is 0 Å². The number of benzene rings is 2. The molecule has 20 heavy (non-hydrogen) atoms. The second-order valence-corrected chi connectivity index (χ2v) is 4.38. The summed E-state index contributed by atoms with van der Waals surface area (Å²) < 4.78 is 0. The van der Waals surface area contributed by atoms with E-state index in [1.165, 1.54) is 12.1 Å². The summed E-state index contributed by atoms with van der Waals surface area (Å²) in [5.74, 6) is 0. The van der Waals surface area contributed by atoms with Gasteiger partial charge in [-0.05, 0) is 24.6 Å². The Bertz CT molecular complexity index is 663. The molecule has 0 aliphatic carbocycles. The van der Waals surface area contributed by atoms with Gasteiger partial charge in [0, 0.05) is 17.8 Å². The molecule has 2 aromatic carbocycles. The number of nitro benzene ring substituents is 1. The molecule has 0 fully saturated rings. The van der Waals surface area contributed by atoms with Crippen LogP contribution in [0.2, 0.25) is 0 Å². The van der Waals surface area contributed by atoms with Crippen molar-refractivity contribution in [3.8, 4) is 6.07 Å². The molecule has 2 aromatic rings. The maximum absolute atomic E-state index is 10.8. The molecule has 0 heterocycles. The summed E-state index contributed by atoms with van der Waals surface area (Å²) in [5.41, 5.74) is 1.67. The molecule has 1 N–H and O–H groups in total. The summed E-state index contributed by atoms with van der Waals surface area (Å²) in [7, 11) is 0. The third-order valence-electron chi connectivity index (χ3n) is 3.00. The SMILES string of the molecule is CC(Nc1ccc([N+](=O)[O-])c(C#N)c1)c1ccccc1. The molecule has 1 atom stereocenters. The molecule has 0 aliphatic rings. The Morgan fingerprint density at radius 1 is 1.25 bits per heavy atom. The van der Waals surface area contributed by atoms with Crippen molar-refractivity contribution in [2.24, 2.45) is 0 Å². The summed E-state index contributed by atoms with van der Waals surface area (Å²) >= 11 is 0. The molecular weight excluding hydrogens is 254 g/mol. The Morgan fingerprint density at radius 3 is 2.55 bits per heavy atom. The summed E-state index contributed by atoms with van der Waals surface area (Å²) in [5, 5.41) is 23.0. The number of nitro groups is 1. The number of nitriles is 1. The van der Waals surface area contributed by atoms with Crippen molar-refractivity contribution in [2.75, 3.05) is 5.32 Å². The summed E-state index contributed by atoms with van der Waals surface area (Å²) in [6, 6.07) is 16.2. The quantitative estimate of drug-likeness (QED) is 0.677. The molecule has 100 valence electrons. The molecule has 2 rings (SSSR count). The van der Waals surface area contributed by atoms with E-state index in [-0.39, 0.29) is 17.3 Å². The number of hydrogen-bond donors (Lipinski definition) is 1. The Hall–Kier alpha value is -2.87. The Labute approximate surface area is 116 Å². The lowest BCUT2D eigenvalue weighted by molar-refractivity contribution is -0.385. The monoisotopic (exact) mass is 267 g/mol. The topological polar surface area (TPSA) is 79.0 Å². The average molecular weight is 267 g/mol. The van der Waals surface area contributed by atoms with Crippen molar-refractivity contribution in [2.45, 2.75) is 13.0 Å². The average Bonchev–Trinajstić information content (AvgIpc) is 2.47. The summed E-state index contributed by atoms with van der Waals surface area (Å²) in [6.07, 6.45) is 0. The Morgan fingerprint density at radius 2 is 1.95 bits per heavy atom. The molecule has 0 spiro atoms.